The SMILES string of the molecule is Cc1ccc(F)cc1-c1nc2n(c1-c1ccc3c(c1)C=NC3)CCC2. The Hall–Kier alpha value is -2.75. The highest BCUT2D eigenvalue weighted by molar-refractivity contribution is 5.89. The summed E-state index contributed by atoms with van der Waals surface area (Å²) >= 11 is 0. The molecule has 3 aromatic rings. The third-order valence-corrected chi connectivity index (χ3v) is 5.19. The maximum absolute atomic E-state index is 13.9. The van der Waals surface area contributed by atoms with Gasteiger partial charge in [-0.3, -0.25) is 4.99 Å². The minimum atomic E-state index is -0.221. The molecule has 0 aliphatic carbocycles. The molecule has 0 atom stereocenters. The predicted octanol–water partition coefficient (Wildman–Crippen LogP) is 4.54. The number of fused-ring (bicyclic) bond motifs is 2. The second-order valence-corrected chi connectivity index (χ2v) is 6.82. The highest BCUT2D eigenvalue weighted by atomic mass is 19.1. The zero-order valence-corrected chi connectivity index (χ0v) is 14.1. The van der Waals surface area contributed by atoms with E-state index in [-0.39, 0.29) is 5.82 Å². The standard InChI is InChI=1S/C21H18FN3/c1-13-4-7-17(22)10-18(13)20-21(25-8-2-3-19(25)24-20)14-5-6-15-11-23-12-16(15)9-14/h4-7,9-10,12H,2-3,8,11H2,1H3. The van der Waals surface area contributed by atoms with Crippen LogP contribution in [-0.2, 0) is 19.5 Å². The molecule has 0 bridgehead atoms. The quantitative estimate of drug-likeness (QED) is 0.678. The van der Waals surface area contributed by atoms with Crippen LogP contribution in [0.1, 0.15) is 28.9 Å². The van der Waals surface area contributed by atoms with E-state index >= 15 is 0 Å². The summed E-state index contributed by atoms with van der Waals surface area (Å²) in [4.78, 5) is 9.25. The van der Waals surface area contributed by atoms with Crippen LogP contribution in [0.15, 0.2) is 41.4 Å². The topological polar surface area (TPSA) is 30.2 Å². The van der Waals surface area contributed by atoms with Crippen molar-refractivity contribution < 1.29 is 4.39 Å². The van der Waals surface area contributed by atoms with Crippen molar-refractivity contribution >= 4 is 6.21 Å². The minimum Gasteiger partial charge on any atom is -0.327 e. The molecule has 0 unspecified atom stereocenters. The van der Waals surface area contributed by atoms with Crippen molar-refractivity contribution in [1.82, 2.24) is 9.55 Å². The summed E-state index contributed by atoms with van der Waals surface area (Å²) in [5.74, 6) is 0.878. The third-order valence-electron chi connectivity index (χ3n) is 5.19. The molecule has 0 N–H and O–H groups in total. The van der Waals surface area contributed by atoms with Crippen LogP contribution in [-0.4, -0.2) is 15.8 Å². The van der Waals surface area contributed by atoms with Gasteiger partial charge in [0.05, 0.1) is 17.9 Å². The van der Waals surface area contributed by atoms with Crippen molar-refractivity contribution in [3.63, 3.8) is 0 Å². The maximum Gasteiger partial charge on any atom is 0.123 e. The number of hydrogen-bond acceptors (Lipinski definition) is 2. The first-order valence-corrected chi connectivity index (χ1v) is 8.70. The summed E-state index contributed by atoms with van der Waals surface area (Å²) in [6, 6.07) is 11.4. The Morgan fingerprint density at radius 2 is 2.04 bits per heavy atom. The average Bonchev–Trinajstić information content (AvgIpc) is 3.30. The fourth-order valence-corrected chi connectivity index (χ4v) is 3.90. The van der Waals surface area contributed by atoms with Crippen molar-refractivity contribution in [1.29, 1.82) is 0 Å². The van der Waals surface area contributed by atoms with Crippen LogP contribution in [0.2, 0.25) is 0 Å². The Bertz CT molecular complexity index is 1030. The molecule has 3 nitrogen and oxygen atoms in total. The lowest BCUT2D eigenvalue weighted by molar-refractivity contribution is 0.628. The highest BCUT2D eigenvalue weighted by Gasteiger charge is 2.24. The summed E-state index contributed by atoms with van der Waals surface area (Å²) in [6.45, 7) is 3.74. The second-order valence-electron chi connectivity index (χ2n) is 6.82. The zero-order chi connectivity index (χ0) is 17.0. The van der Waals surface area contributed by atoms with Crippen molar-refractivity contribution in [3.8, 4) is 22.5 Å². The van der Waals surface area contributed by atoms with E-state index in [0.717, 1.165) is 59.8 Å². The van der Waals surface area contributed by atoms with E-state index in [4.69, 9.17) is 4.98 Å². The summed E-state index contributed by atoms with van der Waals surface area (Å²) in [6.07, 6.45) is 4.03. The Morgan fingerprint density at radius 1 is 1.12 bits per heavy atom. The summed E-state index contributed by atoms with van der Waals surface area (Å²) in [5, 5.41) is 0. The number of aliphatic imine (C=N–C) groups is 1. The average molecular weight is 331 g/mol. The number of hydrogen-bond donors (Lipinski definition) is 0. The third kappa shape index (κ3) is 2.24. The molecule has 0 saturated carbocycles. The van der Waals surface area contributed by atoms with Crippen LogP contribution in [0, 0.1) is 12.7 Å². The van der Waals surface area contributed by atoms with Crippen LogP contribution in [0.3, 0.4) is 0 Å². The minimum absolute atomic E-state index is 0.221. The van der Waals surface area contributed by atoms with E-state index in [0.29, 0.717) is 0 Å². The van der Waals surface area contributed by atoms with Crippen LogP contribution in [0.5, 0.6) is 0 Å². The van der Waals surface area contributed by atoms with Crippen molar-refractivity contribution in [2.75, 3.05) is 0 Å². The highest BCUT2D eigenvalue weighted by Crippen LogP contribution is 2.38. The van der Waals surface area contributed by atoms with Gasteiger partial charge < -0.3 is 4.57 Å². The second kappa shape index (κ2) is 5.38. The van der Waals surface area contributed by atoms with Crippen LogP contribution < -0.4 is 0 Å². The lowest BCUT2D eigenvalue weighted by Gasteiger charge is -2.11. The van der Waals surface area contributed by atoms with Gasteiger partial charge in [-0.1, -0.05) is 18.2 Å². The molecular formula is C21H18FN3. The molecule has 5 rings (SSSR count). The Kier molecular flexibility index (Phi) is 3.14. The van der Waals surface area contributed by atoms with E-state index < -0.39 is 0 Å². The Morgan fingerprint density at radius 3 is 2.96 bits per heavy atom. The molecule has 0 radical (unpaired) electrons. The lowest BCUT2D eigenvalue weighted by Crippen LogP contribution is -1.98. The van der Waals surface area contributed by atoms with Gasteiger partial charge >= 0.3 is 0 Å². The van der Waals surface area contributed by atoms with Crippen LogP contribution in [0.25, 0.3) is 22.5 Å². The fraction of sp³-hybridized carbons (Fsp3) is 0.238. The molecule has 0 amide bonds. The first-order chi connectivity index (χ1) is 12.2. The van der Waals surface area contributed by atoms with Gasteiger partial charge in [0.15, 0.2) is 0 Å². The van der Waals surface area contributed by atoms with Crippen LogP contribution >= 0.6 is 0 Å². The lowest BCUT2D eigenvalue weighted by atomic mass is 9.98. The molecule has 2 aliphatic rings. The number of benzene rings is 2. The molecular weight excluding hydrogens is 313 g/mol. The predicted molar refractivity (Wildman–Crippen MR) is 97.4 cm³/mol. The number of nitrogens with zero attached hydrogens (tertiary/aromatic N) is 3. The van der Waals surface area contributed by atoms with Gasteiger partial charge in [-0.2, -0.15) is 0 Å². The molecule has 0 spiro atoms. The Balaban J connectivity index is 1.76. The molecule has 25 heavy (non-hydrogen) atoms. The van der Waals surface area contributed by atoms with Crippen molar-refractivity contribution in [2.24, 2.45) is 4.99 Å². The van der Waals surface area contributed by atoms with Gasteiger partial charge in [0.1, 0.15) is 11.6 Å². The Labute approximate surface area is 145 Å². The monoisotopic (exact) mass is 331 g/mol. The number of aryl methyl sites for hydroxylation is 2. The van der Waals surface area contributed by atoms with Crippen molar-refractivity contribution in [3.05, 3.63) is 64.7 Å². The van der Waals surface area contributed by atoms with E-state index in [1.54, 1.807) is 6.07 Å². The van der Waals surface area contributed by atoms with E-state index in [1.807, 2.05) is 19.2 Å². The first kappa shape index (κ1) is 14.6. The molecule has 2 aromatic carbocycles. The number of aromatic nitrogens is 2. The smallest absolute Gasteiger partial charge is 0.123 e. The first-order valence-electron chi connectivity index (χ1n) is 8.70. The summed E-state index contributed by atoms with van der Waals surface area (Å²) < 4.78 is 16.2. The molecule has 124 valence electrons. The molecule has 3 heterocycles. The van der Waals surface area contributed by atoms with Crippen LogP contribution in [0.4, 0.5) is 4.39 Å². The number of halogens is 1. The molecule has 4 heteroatoms. The van der Waals surface area contributed by atoms with Gasteiger partial charge in [-0.25, -0.2) is 9.37 Å². The van der Waals surface area contributed by atoms with E-state index in [1.165, 1.54) is 17.2 Å². The molecule has 1 aromatic heterocycles. The molecule has 0 saturated heterocycles. The van der Waals surface area contributed by atoms with Gasteiger partial charge in [-0.15, -0.1) is 0 Å². The van der Waals surface area contributed by atoms with E-state index in [9.17, 15) is 4.39 Å². The van der Waals surface area contributed by atoms with E-state index in [2.05, 4.69) is 27.8 Å². The zero-order valence-electron chi connectivity index (χ0n) is 14.1. The molecule has 2 aliphatic heterocycles. The fourth-order valence-electron chi connectivity index (χ4n) is 3.90. The normalized spacial score (nSPS) is 14.8. The summed E-state index contributed by atoms with van der Waals surface area (Å²) in [5.41, 5.74) is 7.48. The van der Waals surface area contributed by atoms with Gasteiger partial charge in [0, 0.05) is 30.3 Å². The van der Waals surface area contributed by atoms with Gasteiger partial charge in [0.25, 0.3) is 0 Å². The van der Waals surface area contributed by atoms with Gasteiger partial charge in [0.2, 0.25) is 0 Å². The molecule has 0 fully saturated rings. The van der Waals surface area contributed by atoms with Gasteiger partial charge in [-0.05, 0) is 48.2 Å². The summed E-state index contributed by atoms with van der Waals surface area (Å²) in [7, 11) is 0. The number of rotatable bonds is 2. The largest absolute Gasteiger partial charge is 0.327 e. The maximum atomic E-state index is 13.9. The number of imidazole rings is 1. The van der Waals surface area contributed by atoms with Crippen molar-refractivity contribution in [2.45, 2.75) is 32.9 Å².